The van der Waals surface area contributed by atoms with Crippen LogP contribution in [0.1, 0.15) is 68.8 Å². The second-order valence-electron chi connectivity index (χ2n) is 13.0. The van der Waals surface area contributed by atoms with Crippen molar-refractivity contribution in [3.63, 3.8) is 0 Å². The highest BCUT2D eigenvalue weighted by atomic mass is 19.1. The standard InChI is InChI=1S/C33H40FN5O2/c1-21-36-29-7-2-3-8-30(29)39(21)26-18-24-9-10-25(19-26)38(24)16-13-33(22-5-4-6-23(34)17-22)11-14-37(15-12-33)32(41)28-20-27(28)31(35)40/h2-8,17,24-28H,9-16,18-20H2,1H3,(H2,35,40)/t24-,25+,26?,27?,28-/m0/s1. The third kappa shape index (κ3) is 4.74. The lowest BCUT2D eigenvalue weighted by molar-refractivity contribution is -0.136. The number of aryl methyl sites for hydroxylation is 1. The molecule has 4 aliphatic rings. The number of hydrogen-bond acceptors (Lipinski definition) is 4. The normalized spacial score (nSPS) is 29.1. The highest BCUT2D eigenvalue weighted by Crippen LogP contribution is 2.46. The third-order valence-corrected chi connectivity index (χ3v) is 10.8. The largest absolute Gasteiger partial charge is 0.369 e. The molecule has 3 saturated heterocycles. The number of nitrogens with zero attached hydrogens (tertiary/aromatic N) is 4. The lowest BCUT2D eigenvalue weighted by atomic mass is 9.70. The summed E-state index contributed by atoms with van der Waals surface area (Å²) >= 11 is 0. The lowest BCUT2D eigenvalue weighted by Crippen LogP contribution is -2.49. The number of piperidine rings is 2. The Hall–Kier alpha value is -3.26. The van der Waals surface area contributed by atoms with Gasteiger partial charge in [-0.05, 0) is 100 Å². The molecule has 5 atom stereocenters. The number of carbonyl (C=O) groups excluding carboxylic acids is 2. The molecule has 1 aromatic heterocycles. The highest BCUT2D eigenvalue weighted by Gasteiger charge is 2.50. The van der Waals surface area contributed by atoms with Crippen molar-refractivity contribution in [2.75, 3.05) is 19.6 Å². The third-order valence-electron chi connectivity index (χ3n) is 10.8. The lowest BCUT2D eigenvalue weighted by Gasteiger charge is -2.45. The monoisotopic (exact) mass is 557 g/mol. The number of aromatic nitrogens is 2. The first kappa shape index (κ1) is 26.6. The number of fused-ring (bicyclic) bond motifs is 3. The zero-order valence-electron chi connectivity index (χ0n) is 23.8. The molecule has 0 radical (unpaired) electrons. The molecule has 4 heterocycles. The fourth-order valence-electron chi connectivity index (χ4n) is 8.46. The Bertz CT molecular complexity index is 1460. The average molecular weight is 558 g/mol. The van der Waals surface area contributed by atoms with Gasteiger partial charge < -0.3 is 15.2 Å². The smallest absolute Gasteiger partial charge is 0.226 e. The van der Waals surface area contributed by atoms with E-state index in [4.69, 9.17) is 10.7 Å². The highest BCUT2D eigenvalue weighted by molar-refractivity contribution is 5.91. The van der Waals surface area contributed by atoms with Gasteiger partial charge in [0.2, 0.25) is 11.8 Å². The summed E-state index contributed by atoms with van der Waals surface area (Å²) in [6, 6.07) is 17.1. The second-order valence-corrected chi connectivity index (χ2v) is 13.0. The van der Waals surface area contributed by atoms with Gasteiger partial charge in [-0.1, -0.05) is 24.3 Å². The molecular weight excluding hydrogens is 517 g/mol. The molecule has 2 amide bonds. The molecule has 1 saturated carbocycles. The number of para-hydroxylation sites is 2. The van der Waals surface area contributed by atoms with Gasteiger partial charge in [-0.25, -0.2) is 9.37 Å². The topological polar surface area (TPSA) is 84.5 Å². The van der Waals surface area contributed by atoms with E-state index in [9.17, 15) is 14.0 Å². The summed E-state index contributed by atoms with van der Waals surface area (Å²) in [6.07, 6.45) is 7.87. The predicted octanol–water partition coefficient (Wildman–Crippen LogP) is 4.72. The molecule has 0 spiro atoms. The van der Waals surface area contributed by atoms with E-state index in [0.717, 1.165) is 55.6 Å². The van der Waals surface area contributed by atoms with Crippen LogP contribution in [0.15, 0.2) is 48.5 Å². The Balaban J connectivity index is 1.06. The van der Waals surface area contributed by atoms with Crippen molar-refractivity contribution in [1.29, 1.82) is 0 Å². The van der Waals surface area contributed by atoms with E-state index in [-0.39, 0.29) is 34.9 Å². The number of amides is 2. The zero-order valence-corrected chi connectivity index (χ0v) is 23.8. The van der Waals surface area contributed by atoms with Gasteiger partial charge in [0.25, 0.3) is 0 Å². The summed E-state index contributed by atoms with van der Waals surface area (Å²) in [5, 5.41) is 0. The molecule has 7 rings (SSSR count). The van der Waals surface area contributed by atoms with E-state index >= 15 is 0 Å². The van der Waals surface area contributed by atoms with E-state index in [2.05, 4.69) is 46.7 Å². The Labute approximate surface area is 240 Å². The number of likely N-dealkylation sites (tertiary alicyclic amines) is 1. The van der Waals surface area contributed by atoms with Crippen molar-refractivity contribution in [2.24, 2.45) is 17.6 Å². The average Bonchev–Trinajstić information content (AvgIpc) is 3.65. The molecule has 2 bridgehead atoms. The van der Waals surface area contributed by atoms with Crippen LogP contribution in [0.4, 0.5) is 4.39 Å². The number of hydrogen-bond donors (Lipinski definition) is 1. The van der Waals surface area contributed by atoms with Crippen LogP contribution in [-0.4, -0.2) is 62.9 Å². The molecule has 3 aromatic rings. The molecule has 2 N–H and O–H groups in total. The van der Waals surface area contributed by atoms with Crippen LogP contribution in [0.5, 0.6) is 0 Å². The van der Waals surface area contributed by atoms with Crippen LogP contribution < -0.4 is 5.73 Å². The van der Waals surface area contributed by atoms with Gasteiger partial charge in [-0.3, -0.25) is 14.5 Å². The van der Waals surface area contributed by atoms with Crippen molar-refractivity contribution >= 4 is 22.8 Å². The molecule has 216 valence electrons. The molecule has 3 aliphatic heterocycles. The van der Waals surface area contributed by atoms with Gasteiger partial charge in [0.05, 0.1) is 22.9 Å². The van der Waals surface area contributed by atoms with E-state index in [0.29, 0.717) is 37.6 Å². The van der Waals surface area contributed by atoms with Gasteiger partial charge in [-0.2, -0.15) is 0 Å². The number of benzene rings is 2. The van der Waals surface area contributed by atoms with Crippen LogP contribution in [0.3, 0.4) is 0 Å². The maximum absolute atomic E-state index is 14.5. The summed E-state index contributed by atoms with van der Waals surface area (Å²) in [5.41, 5.74) is 8.64. The molecule has 2 aromatic carbocycles. The first-order valence-electron chi connectivity index (χ1n) is 15.4. The maximum Gasteiger partial charge on any atom is 0.226 e. The van der Waals surface area contributed by atoms with Gasteiger partial charge in [0.1, 0.15) is 11.6 Å². The van der Waals surface area contributed by atoms with Crippen LogP contribution in [-0.2, 0) is 15.0 Å². The van der Waals surface area contributed by atoms with Crippen LogP contribution in [0.2, 0.25) is 0 Å². The van der Waals surface area contributed by atoms with Crippen molar-refractivity contribution < 1.29 is 14.0 Å². The molecule has 2 unspecified atom stereocenters. The summed E-state index contributed by atoms with van der Waals surface area (Å²) in [7, 11) is 0. The number of nitrogens with two attached hydrogens (primary N) is 1. The molecule has 4 fully saturated rings. The van der Waals surface area contributed by atoms with Gasteiger partial charge in [0, 0.05) is 31.2 Å². The van der Waals surface area contributed by atoms with E-state index in [1.165, 1.54) is 24.4 Å². The number of carbonyl (C=O) groups is 2. The predicted molar refractivity (Wildman–Crippen MR) is 156 cm³/mol. The minimum Gasteiger partial charge on any atom is -0.369 e. The van der Waals surface area contributed by atoms with Gasteiger partial charge >= 0.3 is 0 Å². The minimum absolute atomic E-state index is 0.0593. The van der Waals surface area contributed by atoms with Crippen LogP contribution >= 0.6 is 0 Å². The van der Waals surface area contributed by atoms with Crippen molar-refractivity contribution in [1.82, 2.24) is 19.4 Å². The summed E-state index contributed by atoms with van der Waals surface area (Å²) in [4.78, 5) is 34.1. The molecule has 7 nitrogen and oxygen atoms in total. The quantitative estimate of drug-likeness (QED) is 0.456. The van der Waals surface area contributed by atoms with Gasteiger partial charge in [-0.15, -0.1) is 0 Å². The Morgan fingerprint density at radius 2 is 1.71 bits per heavy atom. The zero-order chi connectivity index (χ0) is 28.3. The SMILES string of the molecule is Cc1nc2ccccc2n1C1C[C@H]2CC[C@@H](C1)N2CCC1(c2cccc(F)c2)CCN(C(=O)[C@H]2CC2C(N)=O)CC1. The number of rotatable bonds is 7. The minimum atomic E-state index is -0.371. The first-order chi connectivity index (χ1) is 19.8. The van der Waals surface area contributed by atoms with Crippen molar-refractivity contribution in [2.45, 2.75) is 81.8 Å². The number of halogens is 1. The number of imidazole rings is 1. The molecule has 41 heavy (non-hydrogen) atoms. The Kier molecular flexibility index (Phi) is 6.64. The number of primary amides is 1. The van der Waals surface area contributed by atoms with Crippen LogP contribution in [0, 0.1) is 24.6 Å². The first-order valence-corrected chi connectivity index (χ1v) is 15.4. The molecule has 1 aliphatic carbocycles. The summed E-state index contributed by atoms with van der Waals surface area (Å²) in [5.74, 6) is 0.0332. The summed E-state index contributed by atoms with van der Waals surface area (Å²) < 4.78 is 16.9. The molecular formula is C33H40FN5O2. The van der Waals surface area contributed by atoms with E-state index in [1.807, 2.05) is 11.0 Å². The van der Waals surface area contributed by atoms with Gasteiger partial charge in [0.15, 0.2) is 0 Å². The maximum atomic E-state index is 14.5. The Morgan fingerprint density at radius 3 is 2.39 bits per heavy atom. The molecule has 8 heteroatoms. The fraction of sp³-hybridized carbons (Fsp3) is 0.545. The second kappa shape index (κ2) is 10.2. The Morgan fingerprint density at radius 1 is 0.976 bits per heavy atom. The summed E-state index contributed by atoms with van der Waals surface area (Å²) in [6.45, 7) is 4.40. The van der Waals surface area contributed by atoms with E-state index in [1.54, 1.807) is 6.07 Å². The van der Waals surface area contributed by atoms with Crippen molar-refractivity contribution in [3.8, 4) is 0 Å². The van der Waals surface area contributed by atoms with Crippen LogP contribution in [0.25, 0.3) is 11.0 Å². The van der Waals surface area contributed by atoms with E-state index < -0.39 is 0 Å². The van der Waals surface area contributed by atoms with Crippen molar-refractivity contribution in [3.05, 3.63) is 65.7 Å². The fourth-order valence-corrected chi connectivity index (χ4v) is 8.46.